The van der Waals surface area contributed by atoms with Gasteiger partial charge in [0.15, 0.2) is 0 Å². The minimum absolute atomic E-state index is 0.126. The van der Waals surface area contributed by atoms with E-state index in [-0.39, 0.29) is 10.8 Å². The van der Waals surface area contributed by atoms with Crippen molar-refractivity contribution in [3.05, 3.63) is 53.9 Å². The summed E-state index contributed by atoms with van der Waals surface area (Å²) in [5.74, 6) is 2.70. The first-order valence-electron chi connectivity index (χ1n) is 15.2. The van der Waals surface area contributed by atoms with E-state index in [0.29, 0.717) is 23.2 Å². The van der Waals surface area contributed by atoms with Crippen LogP contribution in [0.25, 0.3) is 0 Å². The summed E-state index contributed by atoms with van der Waals surface area (Å²) < 4.78 is 0. The van der Waals surface area contributed by atoms with Crippen LogP contribution in [0.4, 0.5) is 0 Å². The highest BCUT2D eigenvalue weighted by Gasteiger charge is 2.66. The summed E-state index contributed by atoms with van der Waals surface area (Å²) in [5.41, 5.74) is 3.84. The van der Waals surface area contributed by atoms with Gasteiger partial charge in [0.1, 0.15) is 0 Å². The third kappa shape index (κ3) is 4.09. The number of fused-ring (bicyclic) bond motifs is 5. The number of hydrogen-bond acceptors (Lipinski definition) is 3. The SMILES string of the molecule is C=C(C)[C@]12CC[C@]3(C)[C@@H]([C@H](C)CC[C@@H](O)c4ccccn4)CC[C@H]3[C@@H]1CC=C1C[C@](O)(CC)CC[C@@]12C. The monoisotopic (exact) mass is 505 g/mol. The molecule has 1 aromatic rings. The van der Waals surface area contributed by atoms with Crippen LogP contribution in [0.2, 0.25) is 0 Å². The number of rotatable bonds is 7. The topological polar surface area (TPSA) is 53.4 Å². The molecule has 5 rings (SSSR count). The number of hydrogen-bond donors (Lipinski definition) is 2. The van der Waals surface area contributed by atoms with Crippen LogP contribution in [0.15, 0.2) is 48.2 Å². The molecule has 37 heavy (non-hydrogen) atoms. The van der Waals surface area contributed by atoms with Crippen molar-refractivity contribution < 1.29 is 10.2 Å². The van der Waals surface area contributed by atoms with Gasteiger partial charge >= 0.3 is 0 Å². The Balaban J connectivity index is 1.37. The smallest absolute Gasteiger partial charge is 0.0959 e. The van der Waals surface area contributed by atoms with Gasteiger partial charge in [-0.2, -0.15) is 0 Å². The zero-order valence-electron chi connectivity index (χ0n) is 24.1. The fourth-order valence-electron chi connectivity index (χ4n) is 10.3. The van der Waals surface area contributed by atoms with Gasteiger partial charge in [-0.1, -0.05) is 57.6 Å². The summed E-state index contributed by atoms with van der Waals surface area (Å²) in [6.07, 6.45) is 15.7. The van der Waals surface area contributed by atoms with Crippen molar-refractivity contribution in [3.63, 3.8) is 0 Å². The maximum Gasteiger partial charge on any atom is 0.0959 e. The lowest BCUT2D eigenvalue weighted by Crippen LogP contribution is -2.59. The molecule has 0 saturated heterocycles. The van der Waals surface area contributed by atoms with E-state index < -0.39 is 11.7 Å². The van der Waals surface area contributed by atoms with E-state index in [1.807, 2.05) is 18.2 Å². The molecule has 4 aliphatic carbocycles. The molecule has 2 N–H and O–H groups in total. The molecule has 4 aliphatic rings. The van der Waals surface area contributed by atoms with Crippen molar-refractivity contribution in [2.75, 3.05) is 0 Å². The highest BCUT2D eigenvalue weighted by molar-refractivity contribution is 5.36. The molecular weight excluding hydrogens is 454 g/mol. The molecule has 0 aromatic carbocycles. The lowest BCUT2D eigenvalue weighted by atomic mass is 9.38. The predicted octanol–water partition coefficient (Wildman–Crippen LogP) is 8.20. The third-order valence-electron chi connectivity index (χ3n) is 12.6. The van der Waals surface area contributed by atoms with Crippen molar-refractivity contribution in [2.24, 2.45) is 39.9 Å². The number of aliphatic hydroxyl groups excluding tert-OH is 1. The first kappa shape index (κ1) is 27.1. The van der Waals surface area contributed by atoms with Crippen LogP contribution in [0, 0.1) is 39.9 Å². The van der Waals surface area contributed by atoms with Gasteiger partial charge in [0.25, 0.3) is 0 Å². The van der Waals surface area contributed by atoms with Gasteiger partial charge in [-0.15, -0.1) is 0 Å². The van der Waals surface area contributed by atoms with Crippen LogP contribution >= 0.6 is 0 Å². The fraction of sp³-hybridized carbons (Fsp3) is 0.735. The molecule has 0 radical (unpaired) electrons. The summed E-state index contributed by atoms with van der Waals surface area (Å²) >= 11 is 0. The lowest BCUT2D eigenvalue weighted by Gasteiger charge is -2.66. The Kier molecular flexibility index (Phi) is 7.06. The molecule has 3 saturated carbocycles. The number of pyridine rings is 1. The van der Waals surface area contributed by atoms with Crippen LogP contribution in [0.1, 0.15) is 117 Å². The molecule has 3 fully saturated rings. The van der Waals surface area contributed by atoms with Crippen LogP contribution in [-0.2, 0) is 0 Å². The van der Waals surface area contributed by atoms with E-state index in [2.05, 4.69) is 45.7 Å². The van der Waals surface area contributed by atoms with E-state index in [1.54, 1.807) is 6.20 Å². The van der Waals surface area contributed by atoms with Crippen LogP contribution < -0.4 is 0 Å². The van der Waals surface area contributed by atoms with E-state index in [9.17, 15) is 10.2 Å². The highest BCUT2D eigenvalue weighted by Crippen LogP contribution is 2.74. The fourth-order valence-corrected chi connectivity index (χ4v) is 10.3. The summed E-state index contributed by atoms with van der Waals surface area (Å²) in [5, 5.41) is 22.0. The molecule has 1 heterocycles. The molecule has 0 spiro atoms. The van der Waals surface area contributed by atoms with E-state index in [4.69, 9.17) is 6.58 Å². The normalized spacial score (nSPS) is 42.7. The standard InChI is InChI=1S/C34H51NO2/c1-7-33(37)19-18-32(6)25(22-33)12-13-28-27-15-14-26(31(27,5)17-20-34(28,32)23(2)3)24(4)11-16-30(36)29-10-8-9-21-35-29/h8-10,12,21,24,26-28,30,36-37H,2,7,11,13-20,22H2,1,3-6H3/t24-,26-,27+,28+,30-,31-,32+,33+,34-/m1/s1. The van der Waals surface area contributed by atoms with Gasteiger partial charge in [0.05, 0.1) is 17.4 Å². The molecule has 1 aromatic heterocycles. The molecule has 3 nitrogen and oxygen atoms in total. The van der Waals surface area contributed by atoms with Gasteiger partial charge in [-0.3, -0.25) is 4.98 Å². The zero-order chi connectivity index (χ0) is 26.6. The van der Waals surface area contributed by atoms with Crippen LogP contribution in [-0.4, -0.2) is 20.8 Å². The second-order valence-electron chi connectivity index (χ2n) is 14.0. The van der Waals surface area contributed by atoms with Crippen molar-refractivity contribution in [1.82, 2.24) is 4.98 Å². The van der Waals surface area contributed by atoms with Gasteiger partial charge in [0.2, 0.25) is 0 Å². The average Bonchev–Trinajstić information content (AvgIpc) is 3.25. The lowest BCUT2D eigenvalue weighted by molar-refractivity contribution is -0.119. The van der Waals surface area contributed by atoms with Crippen molar-refractivity contribution in [3.8, 4) is 0 Å². The summed E-state index contributed by atoms with van der Waals surface area (Å²) in [7, 11) is 0. The molecule has 204 valence electrons. The Labute approximate surface area is 225 Å². The minimum atomic E-state index is -0.522. The number of aliphatic hydroxyl groups is 2. The number of allylic oxidation sites excluding steroid dienone is 2. The Morgan fingerprint density at radius 2 is 1.89 bits per heavy atom. The van der Waals surface area contributed by atoms with Crippen LogP contribution in [0.5, 0.6) is 0 Å². The highest BCUT2D eigenvalue weighted by atomic mass is 16.3. The van der Waals surface area contributed by atoms with Gasteiger partial charge in [-0.05, 0) is 124 Å². The Hall–Kier alpha value is -1.45. The maximum atomic E-state index is 11.2. The van der Waals surface area contributed by atoms with E-state index >= 15 is 0 Å². The second kappa shape index (κ2) is 9.63. The van der Waals surface area contributed by atoms with Gasteiger partial charge in [-0.25, -0.2) is 0 Å². The third-order valence-corrected chi connectivity index (χ3v) is 12.6. The first-order valence-corrected chi connectivity index (χ1v) is 15.2. The maximum absolute atomic E-state index is 11.2. The van der Waals surface area contributed by atoms with Gasteiger partial charge in [0, 0.05) is 11.6 Å². The summed E-state index contributed by atoms with van der Waals surface area (Å²) in [6.45, 7) is 16.7. The molecule has 0 bridgehead atoms. The van der Waals surface area contributed by atoms with Crippen molar-refractivity contribution in [2.45, 2.75) is 117 Å². The predicted molar refractivity (Wildman–Crippen MR) is 152 cm³/mol. The second-order valence-corrected chi connectivity index (χ2v) is 14.0. The summed E-state index contributed by atoms with van der Waals surface area (Å²) in [6, 6.07) is 5.82. The number of nitrogens with zero attached hydrogens (tertiary/aromatic N) is 1. The molecular formula is C34H51NO2. The molecule has 0 aliphatic heterocycles. The average molecular weight is 506 g/mol. The van der Waals surface area contributed by atoms with Crippen molar-refractivity contribution in [1.29, 1.82) is 0 Å². The Morgan fingerprint density at radius 1 is 1.11 bits per heavy atom. The van der Waals surface area contributed by atoms with Crippen molar-refractivity contribution >= 4 is 0 Å². The Bertz CT molecular complexity index is 1030. The van der Waals surface area contributed by atoms with Gasteiger partial charge < -0.3 is 10.2 Å². The van der Waals surface area contributed by atoms with E-state index in [0.717, 1.165) is 56.6 Å². The molecule has 3 heteroatoms. The van der Waals surface area contributed by atoms with E-state index in [1.165, 1.54) is 36.8 Å². The molecule has 0 amide bonds. The van der Waals surface area contributed by atoms with Crippen LogP contribution in [0.3, 0.4) is 0 Å². The quantitative estimate of drug-likeness (QED) is 0.367. The number of aromatic nitrogens is 1. The summed E-state index contributed by atoms with van der Waals surface area (Å²) in [4.78, 5) is 4.38. The Morgan fingerprint density at radius 3 is 2.57 bits per heavy atom. The minimum Gasteiger partial charge on any atom is -0.390 e. The molecule has 0 unspecified atom stereocenters. The zero-order valence-corrected chi connectivity index (χ0v) is 24.1. The molecule has 9 atom stereocenters. The largest absolute Gasteiger partial charge is 0.390 e. The first-order chi connectivity index (χ1) is 17.5.